The Morgan fingerprint density at radius 2 is 2.13 bits per heavy atom. The predicted molar refractivity (Wildman–Crippen MR) is 88.6 cm³/mol. The Morgan fingerprint density at radius 3 is 2.74 bits per heavy atom. The number of nitrogens with one attached hydrogen (secondary N) is 1. The highest BCUT2D eigenvalue weighted by molar-refractivity contribution is 9.10. The van der Waals surface area contributed by atoms with Crippen molar-refractivity contribution in [3.05, 3.63) is 28.5 Å². The van der Waals surface area contributed by atoms with Crippen molar-refractivity contribution in [2.75, 3.05) is 25.0 Å². The summed E-state index contributed by atoms with van der Waals surface area (Å²) >= 11 is 3.16. The van der Waals surface area contributed by atoms with Crippen LogP contribution < -0.4 is 5.32 Å². The van der Waals surface area contributed by atoms with E-state index in [1.165, 1.54) is 12.1 Å². The molecule has 1 fully saturated rings. The van der Waals surface area contributed by atoms with Crippen LogP contribution in [0.2, 0.25) is 0 Å². The largest absolute Gasteiger partial charge is 0.449 e. The van der Waals surface area contributed by atoms with Crippen molar-refractivity contribution in [1.82, 2.24) is 4.90 Å². The van der Waals surface area contributed by atoms with Crippen LogP contribution in [-0.2, 0) is 9.53 Å². The van der Waals surface area contributed by atoms with Crippen LogP contribution in [0, 0.1) is 17.7 Å². The van der Waals surface area contributed by atoms with Gasteiger partial charge in [-0.05, 0) is 24.1 Å². The summed E-state index contributed by atoms with van der Waals surface area (Å²) in [6.45, 7) is 5.32. The van der Waals surface area contributed by atoms with Crippen molar-refractivity contribution >= 4 is 33.6 Å². The lowest BCUT2D eigenvalue weighted by atomic mass is 9.96. The zero-order chi connectivity index (χ0) is 17.0. The number of hydrogen-bond donors (Lipinski definition) is 1. The second kappa shape index (κ2) is 7.77. The van der Waals surface area contributed by atoms with Gasteiger partial charge in [-0.25, -0.2) is 9.18 Å². The van der Waals surface area contributed by atoms with E-state index >= 15 is 0 Å². The highest BCUT2D eigenvalue weighted by Gasteiger charge is 2.33. The lowest BCUT2D eigenvalue weighted by Gasteiger charge is -2.38. The molecule has 0 radical (unpaired) electrons. The zero-order valence-corrected chi connectivity index (χ0v) is 14.7. The molecule has 1 aromatic rings. The molecule has 0 unspecified atom stereocenters. The molecule has 1 aliphatic rings. The van der Waals surface area contributed by atoms with Crippen molar-refractivity contribution < 1.29 is 18.7 Å². The molecule has 1 saturated heterocycles. The molecule has 1 heterocycles. The Kier molecular flexibility index (Phi) is 5.98. The molecule has 1 aromatic carbocycles. The third kappa shape index (κ3) is 5.20. The zero-order valence-electron chi connectivity index (χ0n) is 13.1. The number of carbonyl (C=O) groups excluding carboxylic acids is 2. The van der Waals surface area contributed by atoms with E-state index in [9.17, 15) is 14.0 Å². The maximum atomic E-state index is 13.6. The van der Waals surface area contributed by atoms with Gasteiger partial charge in [-0.2, -0.15) is 0 Å². The van der Waals surface area contributed by atoms with Crippen LogP contribution in [0.15, 0.2) is 22.7 Å². The normalized spacial score (nSPS) is 14.6. The van der Waals surface area contributed by atoms with Gasteiger partial charge in [0.15, 0.2) is 0 Å². The predicted octanol–water partition coefficient (Wildman–Crippen LogP) is 3.64. The number of benzene rings is 1. The number of anilines is 1. The van der Waals surface area contributed by atoms with Crippen molar-refractivity contribution in [2.24, 2.45) is 11.8 Å². The molecule has 1 N–H and O–H groups in total. The fraction of sp³-hybridized carbons (Fsp3) is 0.500. The highest BCUT2D eigenvalue weighted by atomic mass is 79.9. The minimum atomic E-state index is -0.486. The third-order valence-electron chi connectivity index (χ3n) is 3.43. The first kappa shape index (κ1) is 17.7. The summed E-state index contributed by atoms with van der Waals surface area (Å²) in [6, 6.07) is 4.47. The Bertz CT molecular complexity index is 589. The quantitative estimate of drug-likeness (QED) is 0.839. The fourth-order valence-corrected chi connectivity index (χ4v) is 2.56. The van der Waals surface area contributed by atoms with Gasteiger partial charge in [0.2, 0.25) is 5.91 Å². The van der Waals surface area contributed by atoms with Crippen LogP contribution >= 0.6 is 15.9 Å². The van der Waals surface area contributed by atoms with Gasteiger partial charge in [-0.15, -0.1) is 0 Å². The molecular weight excluding hydrogens is 367 g/mol. The molecule has 0 atom stereocenters. The highest BCUT2D eigenvalue weighted by Crippen LogP contribution is 2.23. The number of carbonyl (C=O) groups is 2. The van der Waals surface area contributed by atoms with Crippen molar-refractivity contribution in [3.8, 4) is 0 Å². The summed E-state index contributed by atoms with van der Waals surface area (Å²) in [5, 5.41) is 2.55. The van der Waals surface area contributed by atoms with Crippen molar-refractivity contribution in [3.63, 3.8) is 0 Å². The summed E-state index contributed by atoms with van der Waals surface area (Å²) < 4.78 is 19.4. The van der Waals surface area contributed by atoms with E-state index in [0.717, 1.165) is 0 Å². The molecular formula is C16H20BrFN2O3. The fourth-order valence-electron chi connectivity index (χ4n) is 2.23. The first-order valence-electron chi connectivity index (χ1n) is 7.51. The molecule has 23 heavy (non-hydrogen) atoms. The molecule has 5 nitrogen and oxygen atoms in total. The Hall–Kier alpha value is -1.63. The van der Waals surface area contributed by atoms with E-state index in [1.807, 2.05) is 13.8 Å². The van der Waals surface area contributed by atoms with E-state index < -0.39 is 5.82 Å². The molecule has 2 rings (SSSR count). The molecule has 2 amide bonds. The third-order valence-corrected chi connectivity index (χ3v) is 3.93. The maximum Gasteiger partial charge on any atom is 0.409 e. The topological polar surface area (TPSA) is 58.6 Å². The molecule has 0 aromatic heterocycles. The molecule has 0 bridgehead atoms. The van der Waals surface area contributed by atoms with Gasteiger partial charge in [0.05, 0.1) is 12.3 Å². The first-order valence-corrected chi connectivity index (χ1v) is 8.31. The average Bonchev–Trinajstić information content (AvgIpc) is 2.43. The van der Waals surface area contributed by atoms with Crippen LogP contribution in [0.5, 0.6) is 0 Å². The van der Waals surface area contributed by atoms with Crippen molar-refractivity contribution in [1.29, 1.82) is 0 Å². The Balaban J connectivity index is 1.73. The molecule has 0 saturated carbocycles. The monoisotopic (exact) mass is 386 g/mol. The van der Waals surface area contributed by atoms with Gasteiger partial charge < -0.3 is 15.0 Å². The van der Waals surface area contributed by atoms with Gasteiger partial charge in [0.25, 0.3) is 0 Å². The average molecular weight is 387 g/mol. The summed E-state index contributed by atoms with van der Waals surface area (Å²) in [4.78, 5) is 25.2. The first-order chi connectivity index (χ1) is 10.8. The number of rotatable bonds is 5. The number of halogens is 2. The SMILES string of the molecule is CC(C)COC(=O)N1CC(CC(=O)Nc2ccc(Br)cc2F)C1. The smallest absolute Gasteiger partial charge is 0.409 e. The van der Waals surface area contributed by atoms with Crippen molar-refractivity contribution in [2.45, 2.75) is 20.3 Å². The van der Waals surface area contributed by atoms with Gasteiger partial charge >= 0.3 is 6.09 Å². The van der Waals surface area contributed by atoms with Gasteiger partial charge in [-0.3, -0.25) is 4.79 Å². The second-order valence-corrected chi connectivity index (χ2v) is 7.03. The van der Waals surface area contributed by atoms with Crippen LogP contribution in [0.1, 0.15) is 20.3 Å². The lowest BCUT2D eigenvalue weighted by Crippen LogP contribution is -2.51. The van der Waals surface area contributed by atoms with Crippen LogP contribution in [-0.4, -0.2) is 36.6 Å². The van der Waals surface area contributed by atoms with E-state index in [0.29, 0.717) is 30.1 Å². The summed E-state index contributed by atoms with van der Waals surface area (Å²) in [5.41, 5.74) is 0.158. The molecule has 0 aliphatic carbocycles. The second-order valence-electron chi connectivity index (χ2n) is 6.12. The molecule has 126 valence electrons. The minimum absolute atomic E-state index is 0.0834. The van der Waals surface area contributed by atoms with Gasteiger partial charge in [0.1, 0.15) is 5.82 Å². The lowest BCUT2D eigenvalue weighted by molar-refractivity contribution is -0.118. The number of likely N-dealkylation sites (tertiary alicyclic amines) is 1. The van der Waals surface area contributed by atoms with Crippen LogP contribution in [0.4, 0.5) is 14.9 Å². The van der Waals surface area contributed by atoms with Crippen LogP contribution in [0.3, 0.4) is 0 Å². The Labute approximate surface area is 143 Å². The van der Waals surface area contributed by atoms with E-state index in [2.05, 4.69) is 21.2 Å². The molecule has 0 spiro atoms. The Morgan fingerprint density at radius 1 is 1.43 bits per heavy atom. The van der Waals surface area contributed by atoms with Gasteiger partial charge in [0, 0.05) is 29.9 Å². The number of nitrogens with zero attached hydrogens (tertiary/aromatic N) is 1. The maximum absolute atomic E-state index is 13.6. The van der Waals surface area contributed by atoms with E-state index in [1.54, 1.807) is 11.0 Å². The molecule has 7 heteroatoms. The van der Waals surface area contributed by atoms with E-state index in [4.69, 9.17) is 4.74 Å². The number of hydrogen-bond acceptors (Lipinski definition) is 3. The molecule has 1 aliphatic heterocycles. The van der Waals surface area contributed by atoms with Gasteiger partial charge in [-0.1, -0.05) is 29.8 Å². The standard InChI is InChI=1S/C16H20BrFN2O3/c1-10(2)9-23-16(22)20-7-11(8-20)5-15(21)19-14-4-3-12(17)6-13(14)18/h3-4,6,10-11H,5,7-9H2,1-2H3,(H,19,21). The summed E-state index contributed by atoms with van der Waals surface area (Å²) in [7, 11) is 0. The number of ether oxygens (including phenoxy) is 1. The van der Waals surface area contributed by atoms with E-state index in [-0.39, 0.29) is 30.0 Å². The van der Waals surface area contributed by atoms with Crippen LogP contribution in [0.25, 0.3) is 0 Å². The summed E-state index contributed by atoms with van der Waals surface area (Å²) in [6.07, 6.45) is -0.0852. The minimum Gasteiger partial charge on any atom is -0.449 e. The summed E-state index contributed by atoms with van der Waals surface area (Å²) in [5.74, 6) is -0.366. The number of amides is 2.